The summed E-state index contributed by atoms with van der Waals surface area (Å²) in [6, 6.07) is 5.24. The van der Waals surface area contributed by atoms with Gasteiger partial charge in [-0.3, -0.25) is 0 Å². The third-order valence-electron chi connectivity index (χ3n) is 4.14. The highest BCUT2D eigenvalue weighted by Crippen LogP contribution is 2.27. The van der Waals surface area contributed by atoms with E-state index in [1.807, 2.05) is 17.6 Å². The van der Waals surface area contributed by atoms with Crippen molar-refractivity contribution in [1.29, 1.82) is 0 Å². The van der Waals surface area contributed by atoms with Crippen molar-refractivity contribution in [2.24, 2.45) is 5.92 Å². The molecule has 5 nitrogen and oxygen atoms in total. The third kappa shape index (κ3) is 2.08. The molecule has 0 amide bonds. The molecule has 1 fully saturated rings. The number of hydrogen-bond acceptors (Lipinski definition) is 3. The number of fused-ring (bicyclic) bond motifs is 1. The highest BCUT2D eigenvalue weighted by atomic mass is 16.5. The van der Waals surface area contributed by atoms with Crippen molar-refractivity contribution >= 4 is 17.0 Å². The Kier molecular flexibility index (Phi) is 3.22. The Morgan fingerprint density at radius 3 is 3.00 bits per heavy atom. The van der Waals surface area contributed by atoms with Gasteiger partial charge in [0.25, 0.3) is 0 Å². The smallest absolute Gasteiger partial charge is 0.337 e. The molecule has 2 unspecified atom stereocenters. The summed E-state index contributed by atoms with van der Waals surface area (Å²) in [7, 11) is 0. The van der Waals surface area contributed by atoms with Crippen LogP contribution in [0.1, 0.15) is 29.5 Å². The van der Waals surface area contributed by atoms with Gasteiger partial charge in [-0.2, -0.15) is 0 Å². The molecule has 0 aliphatic carbocycles. The Balaban J connectivity index is 2.09. The summed E-state index contributed by atoms with van der Waals surface area (Å²) in [5.74, 6) is 0.355. The summed E-state index contributed by atoms with van der Waals surface area (Å²) in [5.41, 5.74) is 1.78. The normalized spacial score (nSPS) is 22.5. The molecule has 1 aromatic carbocycles. The fraction of sp³-hybridized carbons (Fsp3) is 0.467. The topological polar surface area (TPSA) is 64.3 Å². The average Bonchev–Trinajstić information content (AvgIpc) is 2.94. The maximum absolute atomic E-state index is 11.4. The molecule has 1 saturated heterocycles. The summed E-state index contributed by atoms with van der Waals surface area (Å²) in [5, 5.41) is 9.36. The molecule has 0 saturated carbocycles. The second-order valence-electron chi connectivity index (χ2n) is 5.37. The number of para-hydroxylation sites is 1. The molecule has 2 heterocycles. The molecule has 3 rings (SSSR count). The van der Waals surface area contributed by atoms with E-state index in [0.717, 1.165) is 36.4 Å². The molecular formula is C15H18N2O3. The van der Waals surface area contributed by atoms with Gasteiger partial charge in [-0.05, 0) is 32.4 Å². The van der Waals surface area contributed by atoms with E-state index >= 15 is 0 Å². The van der Waals surface area contributed by atoms with Crippen molar-refractivity contribution in [3.8, 4) is 0 Å². The molecule has 1 aliphatic heterocycles. The van der Waals surface area contributed by atoms with Gasteiger partial charge in [0.2, 0.25) is 0 Å². The summed E-state index contributed by atoms with van der Waals surface area (Å²) in [6.07, 6.45) is 1.22. The van der Waals surface area contributed by atoms with E-state index in [9.17, 15) is 9.90 Å². The Bertz CT molecular complexity index is 662. The van der Waals surface area contributed by atoms with Crippen LogP contribution in [0.15, 0.2) is 18.2 Å². The summed E-state index contributed by atoms with van der Waals surface area (Å²) >= 11 is 0. The number of aryl methyl sites for hydroxylation is 1. The second-order valence-corrected chi connectivity index (χ2v) is 5.37. The van der Waals surface area contributed by atoms with Gasteiger partial charge in [-0.15, -0.1) is 0 Å². The number of carboxylic acids is 1. The molecular weight excluding hydrogens is 256 g/mol. The summed E-state index contributed by atoms with van der Waals surface area (Å²) in [4.78, 5) is 15.9. The summed E-state index contributed by atoms with van der Waals surface area (Å²) < 4.78 is 7.62. The highest BCUT2D eigenvalue weighted by molar-refractivity contribution is 6.01. The number of carboxylic acid groups (broad SMARTS) is 1. The van der Waals surface area contributed by atoms with E-state index in [4.69, 9.17) is 4.74 Å². The summed E-state index contributed by atoms with van der Waals surface area (Å²) in [6.45, 7) is 5.54. The van der Waals surface area contributed by atoms with Crippen molar-refractivity contribution in [2.45, 2.75) is 32.9 Å². The first-order valence-corrected chi connectivity index (χ1v) is 6.88. The lowest BCUT2D eigenvalue weighted by Crippen LogP contribution is -2.19. The zero-order chi connectivity index (χ0) is 14.3. The lowest BCUT2D eigenvalue weighted by atomic mass is 10.0. The average molecular weight is 274 g/mol. The number of aromatic carboxylic acids is 1. The van der Waals surface area contributed by atoms with Gasteiger partial charge < -0.3 is 14.4 Å². The Morgan fingerprint density at radius 1 is 1.55 bits per heavy atom. The van der Waals surface area contributed by atoms with Crippen LogP contribution in [-0.2, 0) is 11.3 Å². The van der Waals surface area contributed by atoms with Crippen LogP contribution in [0.2, 0.25) is 0 Å². The molecule has 0 bridgehead atoms. The van der Waals surface area contributed by atoms with Gasteiger partial charge >= 0.3 is 5.97 Å². The van der Waals surface area contributed by atoms with Crippen LogP contribution in [-0.4, -0.2) is 33.3 Å². The number of aromatic nitrogens is 2. The van der Waals surface area contributed by atoms with E-state index in [1.165, 1.54) is 0 Å². The Morgan fingerprint density at radius 2 is 2.35 bits per heavy atom. The molecule has 5 heteroatoms. The van der Waals surface area contributed by atoms with Crippen LogP contribution in [0.25, 0.3) is 11.0 Å². The monoisotopic (exact) mass is 274 g/mol. The minimum absolute atomic E-state index is 0.212. The predicted molar refractivity (Wildman–Crippen MR) is 75.0 cm³/mol. The van der Waals surface area contributed by atoms with E-state index in [-0.39, 0.29) is 6.10 Å². The zero-order valence-corrected chi connectivity index (χ0v) is 11.7. The van der Waals surface area contributed by atoms with Crippen LogP contribution in [0, 0.1) is 12.8 Å². The predicted octanol–water partition coefficient (Wildman–Crippen LogP) is 2.47. The number of benzene rings is 1. The first kappa shape index (κ1) is 13.1. The SMILES string of the molecule is Cc1nc2cccc(C(=O)O)c2n1CC1CCOC1C. The fourth-order valence-corrected chi connectivity index (χ4v) is 2.95. The number of nitrogens with zero attached hydrogens (tertiary/aromatic N) is 2. The number of rotatable bonds is 3. The Hall–Kier alpha value is -1.88. The standard InChI is InChI=1S/C15H18N2O3/c1-9-11(6-7-20-9)8-17-10(2)16-13-5-3-4-12(14(13)17)15(18)19/h3-5,9,11H,6-8H2,1-2H3,(H,18,19). The maximum atomic E-state index is 11.4. The number of imidazole rings is 1. The van der Waals surface area contributed by atoms with Crippen molar-refractivity contribution < 1.29 is 14.6 Å². The number of carbonyl (C=O) groups is 1. The van der Waals surface area contributed by atoms with E-state index in [0.29, 0.717) is 11.5 Å². The van der Waals surface area contributed by atoms with E-state index < -0.39 is 5.97 Å². The lowest BCUT2D eigenvalue weighted by Gasteiger charge is -2.17. The molecule has 1 N–H and O–H groups in total. The Labute approximate surface area is 117 Å². The minimum atomic E-state index is -0.910. The van der Waals surface area contributed by atoms with Gasteiger partial charge in [-0.25, -0.2) is 9.78 Å². The molecule has 1 aliphatic rings. The van der Waals surface area contributed by atoms with Gasteiger partial charge in [0, 0.05) is 19.1 Å². The van der Waals surface area contributed by atoms with Gasteiger partial charge in [0.05, 0.1) is 22.7 Å². The van der Waals surface area contributed by atoms with Crippen molar-refractivity contribution in [3.05, 3.63) is 29.6 Å². The second kappa shape index (κ2) is 4.90. The first-order chi connectivity index (χ1) is 9.58. The largest absolute Gasteiger partial charge is 0.478 e. The maximum Gasteiger partial charge on any atom is 0.337 e. The van der Waals surface area contributed by atoms with Crippen LogP contribution in [0.5, 0.6) is 0 Å². The fourth-order valence-electron chi connectivity index (χ4n) is 2.95. The van der Waals surface area contributed by atoms with Crippen LogP contribution >= 0.6 is 0 Å². The van der Waals surface area contributed by atoms with Gasteiger partial charge in [0.1, 0.15) is 5.82 Å². The third-order valence-corrected chi connectivity index (χ3v) is 4.14. The van der Waals surface area contributed by atoms with E-state index in [2.05, 4.69) is 11.9 Å². The lowest BCUT2D eigenvalue weighted by molar-refractivity contribution is 0.0698. The number of hydrogen-bond donors (Lipinski definition) is 1. The zero-order valence-electron chi connectivity index (χ0n) is 11.7. The minimum Gasteiger partial charge on any atom is -0.478 e. The molecule has 1 aromatic heterocycles. The van der Waals surface area contributed by atoms with Gasteiger partial charge in [-0.1, -0.05) is 6.07 Å². The van der Waals surface area contributed by atoms with Crippen LogP contribution in [0.3, 0.4) is 0 Å². The molecule has 0 radical (unpaired) electrons. The first-order valence-electron chi connectivity index (χ1n) is 6.88. The quantitative estimate of drug-likeness (QED) is 0.933. The highest BCUT2D eigenvalue weighted by Gasteiger charge is 2.26. The van der Waals surface area contributed by atoms with Crippen molar-refractivity contribution in [1.82, 2.24) is 9.55 Å². The van der Waals surface area contributed by atoms with E-state index in [1.54, 1.807) is 12.1 Å². The molecule has 20 heavy (non-hydrogen) atoms. The van der Waals surface area contributed by atoms with Gasteiger partial charge in [0.15, 0.2) is 0 Å². The van der Waals surface area contributed by atoms with Crippen LogP contribution in [0.4, 0.5) is 0 Å². The number of ether oxygens (including phenoxy) is 1. The molecule has 2 aromatic rings. The van der Waals surface area contributed by atoms with Crippen molar-refractivity contribution in [3.63, 3.8) is 0 Å². The molecule has 0 spiro atoms. The molecule has 106 valence electrons. The molecule has 2 atom stereocenters. The van der Waals surface area contributed by atoms with Crippen LogP contribution < -0.4 is 0 Å². The van der Waals surface area contributed by atoms with Crippen molar-refractivity contribution in [2.75, 3.05) is 6.61 Å².